The number of carbonyl (C=O) groups is 2. The number of nitrogens with two attached hydrogens (primary N) is 1. The number of aryl methyl sites for hydroxylation is 3. The lowest BCUT2D eigenvalue weighted by molar-refractivity contribution is 0.102. The third-order valence-electron chi connectivity index (χ3n) is 3.81. The molecule has 0 saturated heterocycles. The molecule has 0 radical (unpaired) electrons. The van der Waals surface area contributed by atoms with E-state index in [0.29, 0.717) is 15.6 Å². The molecule has 134 valence electrons. The van der Waals surface area contributed by atoms with E-state index in [1.807, 2.05) is 32.9 Å². The van der Waals surface area contributed by atoms with Gasteiger partial charge in [0.05, 0.1) is 15.8 Å². The highest BCUT2D eigenvalue weighted by Gasteiger charge is 2.17. The predicted molar refractivity (Wildman–Crippen MR) is 106 cm³/mol. The maximum Gasteiger partial charge on any atom is 0.411 e. The predicted octanol–water partition coefficient (Wildman–Crippen LogP) is 4.69. The zero-order valence-corrected chi connectivity index (χ0v) is 16.7. The molecule has 0 bridgehead atoms. The van der Waals surface area contributed by atoms with Gasteiger partial charge >= 0.3 is 6.09 Å². The number of benzene rings is 2. The lowest BCUT2D eigenvalue weighted by Crippen LogP contribution is -2.16. The highest BCUT2D eigenvalue weighted by Crippen LogP contribution is 2.33. The van der Waals surface area contributed by atoms with Crippen molar-refractivity contribution in [2.75, 3.05) is 5.32 Å². The third-order valence-corrected chi connectivity index (χ3v) is 5.36. The first-order chi connectivity index (χ1) is 12.2. The molecule has 0 atom stereocenters. The number of halogens is 1. The number of thiazole rings is 1. The molecule has 8 heteroatoms. The molecular weight excluding hydrogens is 418 g/mol. The van der Waals surface area contributed by atoms with Crippen LogP contribution in [0.3, 0.4) is 0 Å². The van der Waals surface area contributed by atoms with E-state index in [9.17, 15) is 9.59 Å². The number of hydrogen-bond donors (Lipinski definition) is 2. The Hall–Kier alpha value is -2.45. The Kier molecular flexibility index (Phi) is 4.97. The maximum atomic E-state index is 12.8. The fourth-order valence-electron chi connectivity index (χ4n) is 2.79. The van der Waals surface area contributed by atoms with Crippen LogP contribution < -0.4 is 15.8 Å². The molecule has 0 aliphatic carbocycles. The van der Waals surface area contributed by atoms with E-state index >= 15 is 0 Å². The molecule has 1 aromatic heterocycles. The van der Waals surface area contributed by atoms with Gasteiger partial charge in [0, 0.05) is 10.2 Å². The first-order valence-electron chi connectivity index (χ1n) is 7.71. The van der Waals surface area contributed by atoms with Crippen molar-refractivity contribution in [1.29, 1.82) is 0 Å². The van der Waals surface area contributed by atoms with E-state index < -0.39 is 6.09 Å². The first kappa shape index (κ1) is 18.3. The summed E-state index contributed by atoms with van der Waals surface area (Å²) in [7, 11) is 0. The number of nitrogens with one attached hydrogen (secondary N) is 1. The van der Waals surface area contributed by atoms with E-state index in [1.54, 1.807) is 12.1 Å². The van der Waals surface area contributed by atoms with Crippen molar-refractivity contribution in [3.8, 4) is 5.19 Å². The second-order valence-electron chi connectivity index (χ2n) is 5.93. The molecule has 1 heterocycles. The van der Waals surface area contributed by atoms with Gasteiger partial charge in [-0.25, -0.2) is 9.78 Å². The number of amides is 2. The second-order valence-corrected chi connectivity index (χ2v) is 7.78. The molecule has 2 amide bonds. The molecule has 0 unspecified atom stereocenters. The number of ether oxygens (including phenoxy) is 1. The molecule has 3 N–H and O–H groups in total. The quantitative estimate of drug-likeness (QED) is 0.625. The van der Waals surface area contributed by atoms with E-state index in [2.05, 4.69) is 26.2 Å². The van der Waals surface area contributed by atoms with E-state index in [1.165, 1.54) is 11.3 Å². The summed E-state index contributed by atoms with van der Waals surface area (Å²) >= 11 is 4.60. The average Bonchev–Trinajstić information content (AvgIpc) is 2.89. The van der Waals surface area contributed by atoms with E-state index in [4.69, 9.17) is 10.5 Å². The highest BCUT2D eigenvalue weighted by atomic mass is 79.9. The zero-order valence-electron chi connectivity index (χ0n) is 14.3. The fourth-order valence-corrected chi connectivity index (χ4v) is 4.31. The smallest absolute Gasteiger partial charge is 0.381 e. The van der Waals surface area contributed by atoms with Crippen LogP contribution in [0.2, 0.25) is 0 Å². The van der Waals surface area contributed by atoms with Gasteiger partial charge in [-0.15, -0.1) is 0 Å². The van der Waals surface area contributed by atoms with Gasteiger partial charge in [-0.1, -0.05) is 29.0 Å². The number of anilines is 1. The molecule has 0 spiro atoms. The molecule has 2 aromatic carbocycles. The third kappa shape index (κ3) is 3.71. The first-order valence-corrected chi connectivity index (χ1v) is 9.32. The topological polar surface area (TPSA) is 94.3 Å². The number of rotatable bonds is 3. The van der Waals surface area contributed by atoms with Crippen LogP contribution in [0.5, 0.6) is 5.19 Å². The zero-order chi connectivity index (χ0) is 19.0. The van der Waals surface area contributed by atoms with Crippen LogP contribution in [0.4, 0.5) is 10.5 Å². The van der Waals surface area contributed by atoms with Crippen molar-refractivity contribution in [3.05, 3.63) is 51.0 Å². The summed E-state index contributed by atoms with van der Waals surface area (Å²) in [5.41, 5.74) is 9.94. The summed E-state index contributed by atoms with van der Waals surface area (Å²) in [5.74, 6) is -0.251. The van der Waals surface area contributed by atoms with Crippen molar-refractivity contribution in [3.63, 3.8) is 0 Å². The number of aromatic nitrogens is 1. The normalized spacial score (nSPS) is 10.8. The lowest BCUT2D eigenvalue weighted by atomic mass is 10.0. The Labute approximate surface area is 162 Å². The van der Waals surface area contributed by atoms with Crippen LogP contribution in [0.25, 0.3) is 10.2 Å². The number of nitrogens with zero attached hydrogens (tertiary/aromatic N) is 1. The van der Waals surface area contributed by atoms with Crippen molar-refractivity contribution < 1.29 is 14.3 Å². The SMILES string of the molecule is Cc1cc(C)c(NC(=O)c2cc3nc(OC(N)=O)sc3cc2Br)c(C)c1. The molecule has 0 saturated carbocycles. The van der Waals surface area contributed by atoms with Gasteiger partial charge in [0.2, 0.25) is 0 Å². The van der Waals surface area contributed by atoms with Crippen LogP contribution in [0.1, 0.15) is 27.0 Å². The second kappa shape index (κ2) is 7.05. The molecule has 0 aliphatic heterocycles. The Balaban J connectivity index is 1.95. The van der Waals surface area contributed by atoms with Gasteiger partial charge in [-0.2, -0.15) is 0 Å². The van der Waals surface area contributed by atoms with Gasteiger partial charge in [0.1, 0.15) is 0 Å². The summed E-state index contributed by atoms with van der Waals surface area (Å²) in [6, 6.07) is 7.46. The molecule has 3 aromatic rings. The molecule has 0 aliphatic rings. The largest absolute Gasteiger partial charge is 0.411 e. The van der Waals surface area contributed by atoms with Gasteiger partial charge in [0.25, 0.3) is 11.1 Å². The van der Waals surface area contributed by atoms with Crippen LogP contribution in [-0.2, 0) is 0 Å². The van der Waals surface area contributed by atoms with Crippen LogP contribution in [0.15, 0.2) is 28.7 Å². The van der Waals surface area contributed by atoms with Gasteiger partial charge in [0.15, 0.2) is 0 Å². The van der Waals surface area contributed by atoms with Crippen molar-refractivity contribution in [2.24, 2.45) is 5.73 Å². The summed E-state index contributed by atoms with van der Waals surface area (Å²) in [6.45, 7) is 5.94. The molecule has 6 nitrogen and oxygen atoms in total. The van der Waals surface area contributed by atoms with Crippen LogP contribution in [0, 0.1) is 20.8 Å². The summed E-state index contributed by atoms with van der Waals surface area (Å²) in [4.78, 5) is 27.8. The van der Waals surface area contributed by atoms with Gasteiger partial charge < -0.3 is 15.8 Å². The molecule has 0 fully saturated rings. The monoisotopic (exact) mass is 433 g/mol. The average molecular weight is 434 g/mol. The van der Waals surface area contributed by atoms with Crippen molar-refractivity contribution in [1.82, 2.24) is 4.98 Å². The molecule has 3 rings (SSSR count). The number of carbonyl (C=O) groups excluding carboxylic acids is 2. The summed E-state index contributed by atoms with van der Waals surface area (Å²) < 4.78 is 6.20. The standard InChI is InChI=1S/C18H16BrN3O3S/c1-8-4-9(2)15(10(3)5-8)22-16(23)11-6-13-14(7-12(11)19)26-18(21-13)25-17(20)24/h4-7H,1-3H3,(H2,20,24)(H,22,23). The van der Waals surface area contributed by atoms with E-state index in [0.717, 1.165) is 27.1 Å². The minimum absolute atomic E-state index is 0.141. The molecule has 26 heavy (non-hydrogen) atoms. The van der Waals surface area contributed by atoms with Crippen LogP contribution >= 0.6 is 27.3 Å². The van der Waals surface area contributed by atoms with Gasteiger partial charge in [-0.3, -0.25) is 4.79 Å². The highest BCUT2D eigenvalue weighted by molar-refractivity contribution is 9.10. The van der Waals surface area contributed by atoms with Crippen LogP contribution in [-0.4, -0.2) is 17.0 Å². The number of fused-ring (bicyclic) bond motifs is 1. The molecular formula is C18H16BrN3O3S. The summed E-state index contributed by atoms with van der Waals surface area (Å²) in [6.07, 6.45) is -0.925. The number of primary amides is 1. The minimum atomic E-state index is -0.925. The van der Waals surface area contributed by atoms with Crippen molar-refractivity contribution >= 4 is 55.2 Å². The van der Waals surface area contributed by atoms with E-state index in [-0.39, 0.29) is 11.1 Å². The Morgan fingerprint density at radius 2 is 1.81 bits per heavy atom. The summed E-state index contributed by atoms with van der Waals surface area (Å²) in [5, 5.41) is 3.11. The lowest BCUT2D eigenvalue weighted by Gasteiger charge is -2.13. The Morgan fingerprint density at radius 1 is 1.15 bits per heavy atom. The fraction of sp³-hybridized carbons (Fsp3) is 0.167. The Bertz CT molecular complexity index is 1020. The Morgan fingerprint density at radius 3 is 2.42 bits per heavy atom. The van der Waals surface area contributed by atoms with Gasteiger partial charge in [-0.05, 0) is 60.0 Å². The minimum Gasteiger partial charge on any atom is -0.381 e. The van der Waals surface area contributed by atoms with Crippen molar-refractivity contribution in [2.45, 2.75) is 20.8 Å². The maximum absolute atomic E-state index is 12.8. The number of hydrogen-bond acceptors (Lipinski definition) is 5.